The molecule has 2 N–H and O–H groups in total. The highest BCUT2D eigenvalue weighted by atomic mass is 19.4. The summed E-state index contributed by atoms with van der Waals surface area (Å²) in [6.07, 6.45) is -8.95. The quantitative estimate of drug-likeness (QED) is 0.792. The molecular weight excluding hydrogens is 232 g/mol. The fraction of sp³-hybridized carbons (Fsp3) is 0.500. The van der Waals surface area contributed by atoms with E-state index in [0.717, 1.165) is 0 Å². The van der Waals surface area contributed by atoms with Crippen molar-refractivity contribution in [2.24, 2.45) is 0 Å². The molecule has 8 heteroatoms. The number of carboxylic acids is 1. The average molecular weight is 240 g/mol. The molecule has 90 valence electrons. The van der Waals surface area contributed by atoms with Gasteiger partial charge in [0.15, 0.2) is 5.69 Å². The third-order valence-electron chi connectivity index (χ3n) is 2.05. The predicted molar refractivity (Wildman–Crippen MR) is 44.9 cm³/mol. The van der Waals surface area contributed by atoms with Gasteiger partial charge in [0.25, 0.3) is 0 Å². The van der Waals surface area contributed by atoms with Gasteiger partial charge in [-0.3, -0.25) is 5.10 Å². The van der Waals surface area contributed by atoms with E-state index in [4.69, 9.17) is 5.11 Å². The van der Waals surface area contributed by atoms with Crippen LogP contribution >= 0.6 is 0 Å². The minimum Gasteiger partial charge on any atom is -0.476 e. The van der Waals surface area contributed by atoms with E-state index in [-0.39, 0.29) is 11.3 Å². The molecule has 4 nitrogen and oxygen atoms in total. The lowest BCUT2D eigenvalue weighted by Crippen LogP contribution is -2.26. The summed E-state index contributed by atoms with van der Waals surface area (Å²) in [5.41, 5.74) is -0.550. The van der Waals surface area contributed by atoms with E-state index >= 15 is 0 Å². The SMILES string of the molecule is Cc1c(C(=O)O)n[nH]c1CC(F)C(F)(F)F. The van der Waals surface area contributed by atoms with Crippen LogP contribution in [0, 0.1) is 6.92 Å². The van der Waals surface area contributed by atoms with Crippen molar-refractivity contribution >= 4 is 5.97 Å². The van der Waals surface area contributed by atoms with Gasteiger partial charge >= 0.3 is 12.1 Å². The number of alkyl halides is 4. The lowest BCUT2D eigenvalue weighted by Gasteiger charge is -2.11. The van der Waals surface area contributed by atoms with E-state index in [0.29, 0.717) is 0 Å². The smallest absolute Gasteiger partial charge is 0.420 e. The molecule has 1 heterocycles. The van der Waals surface area contributed by atoms with Gasteiger partial charge in [0.05, 0.1) is 0 Å². The molecule has 0 radical (unpaired) electrons. The number of aromatic carboxylic acids is 1. The van der Waals surface area contributed by atoms with Gasteiger partial charge in [0, 0.05) is 17.7 Å². The molecule has 0 bridgehead atoms. The van der Waals surface area contributed by atoms with Crippen molar-refractivity contribution in [2.45, 2.75) is 25.7 Å². The molecule has 1 atom stereocenters. The number of H-pyrrole nitrogens is 1. The van der Waals surface area contributed by atoms with Crippen LogP contribution < -0.4 is 0 Å². The van der Waals surface area contributed by atoms with Crippen molar-refractivity contribution in [1.82, 2.24) is 10.2 Å². The summed E-state index contributed by atoms with van der Waals surface area (Å²) >= 11 is 0. The van der Waals surface area contributed by atoms with Crippen molar-refractivity contribution in [3.63, 3.8) is 0 Å². The van der Waals surface area contributed by atoms with E-state index in [1.807, 2.05) is 0 Å². The van der Waals surface area contributed by atoms with E-state index in [1.165, 1.54) is 6.92 Å². The molecule has 0 aromatic carbocycles. The first-order valence-electron chi connectivity index (χ1n) is 4.21. The molecule has 0 aliphatic carbocycles. The molecule has 1 aromatic rings. The molecule has 0 spiro atoms. The van der Waals surface area contributed by atoms with Gasteiger partial charge < -0.3 is 5.11 Å². The maximum absolute atomic E-state index is 12.7. The lowest BCUT2D eigenvalue weighted by molar-refractivity contribution is -0.180. The zero-order chi connectivity index (χ0) is 12.5. The zero-order valence-corrected chi connectivity index (χ0v) is 8.10. The summed E-state index contributed by atoms with van der Waals surface area (Å²) in [6, 6.07) is 0. The van der Waals surface area contributed by atoms with Gasteiger partial charge in [0.2, 0.25) is 6.17 Å². The van der Waals surface area contributed by atoms with Crippen LogP contribution in [-0.2, 0) is 6.42 Å². The minimum absolute atomic E-state index is 0.0133. The third-order valence-corrected chi connectivity index (χ3v) is 2.05. The lowest BCUT2D eigenvalue weighted by atomic mass is 10.1. The van der Waals surface area contributed by atoms with Gasteiger partial charge in [-0.25, -0.2) is 9.18 Å². The number of nitrogens with zero attached hydrogens (tertiary/aromatic N) is 1. The average Bonchev–Trinajstić information content (AvgIpc) is 2.46. The Kier molecular flexibility index (Phi) is 3.20. The summed E-state index contributed by atoms with van der Waals surface area (Å²) in [4.78, 5) is 10.5. The van der Waals surface area contributed by atoms with Crippen molar-refractivity contribution in [3.05, 3.63) is 17.0 Å². The highest BCUT2D eigenvalue weighted by Crippen LogP contribution is 2.26. The summed E-state index contributed by atoms with van der Waals surface area (Å²) in [5, 5.41) is 14.0. The van der Waals surface area contributed by atoms with Gasteiger partial charge in [0.1, 0.15) is 0 Å². The van der Waals surface area contributed by atoms with E-state index < -0.39 is 30.4 Å². The molecule has 1 aromatic heterocycles. The van der Waals surface area contributed by atoms with E-state index in [9.17, 15) is 22.4 Å². The fourth-order valence-corrected chi connectivity index (χ4v) is 1.14. The van der Waals surface area contributed by atoms with E-state index in [1.54, 1.807) is 0 Å². The van der Waals surface area contributed by atoms with Crippen LogP contribution in [0.15, 0.2) is 0 Å². The number of rotatable bonds is 3. The maximum atomic E-state index is 12.7. The Bertz CT molecular complexity index is 399. The van der Waals surface area contributed by atoms with Crippen LogP contribution in [0.25, 0.3) is 0 Å². The first-order valence-corrected chi connectivity index (χ1v) is 4.21. The van der Waals surface area contributed by atoms with Gasteiger partial charge in [-0.1, -0.05) is 0 Å². The highest BCUT2D eigenvalue weighted by molar-refractivity contribution is 5.87. The second kappa shape index (κ2) is 4.11. The highest BCUT2D eigenvalue weighted by Gasteiger charge is 2.40. The number of carbonyl (C=O) groups is 1. The molecular formula is C8H8F4N2O2. The van der Waals surface area contributed by atoms with Crippen LogP contribution in [0.5, 0.6) is 0 Å². The summed E-state index contributed by atoms with van der Waals surface area (Å²) in [5.74, 6) is -1.37. The normalized spacial score (nSPS) is 13.8. The second-order valence-electron chi connectivity index (χ2n) is 3.19. The standard InChI is InChI=1S/C8H8F4N2O2/c1-3-4(2-5(9)8(10,11)12)13-14-6(3)7(15)16/h5H,2H2,1H3,(H,13,14)(H,15,16). The predicted octanol–water partition coefficient (Wildman–Crippen LogP) is 1.86. The van der Waals surface area contributed by atoms with Crippen molar-refractivity contribution in [2.75, 3.05) is 0 Å². The number of aromatic amines is 1. The Morgan fingerprint density at radius 2 is 2.12 bits per heavy atom. The summed E-state index contributed by atoms with van der Waals surface area (Å²) in [6.45, 7) is 1.27. The van der Waals surface area contributed by atoms with Crippen molar-refractivity contribution in [3.8, 4) is 0 Å². The molecule has 16 heavy (non-hydrogen) atoms. The molecule has 0 aliphatic heterocycles. The van der Waals surface area contributed by atoms with Crippen molar-refractivity contribution < 1.29 is 27.5 Å². The minimum atomic E-state index is -4.96. The number of carboxylic acid groups (broad SMARTS) is 1. The van der Waals surface area contributed by atoms with Crippen molar-refractivity contribution in [1.29, 1.82) is 0 Å². The topological polar surface area (TPSA) is 66.0 Å². The molecule has 0 amide bonds. The zero-order valence-electron chi connectivity index (χ0n) is 8.10. The molecule has 0 saturated heterocycles. The number of aromatic nitrogens is 2. The monoisotopic (exact) mass is 240 g/mol. The van der Waals surface area contributed by atoms with Crippen LogP contribution in [0.4, 0.5) is 17.6 Å². The van der Waals surface area contributed by atoms with E-state index in [2.05, 4.69) is 10.2 Å². The number of nitrogens with one attached hydrogen (secondary N) is 1. The molecule has 0 saturated carbocycles. The fourth-order valence-electron chi connectivity index (χ4n) is 1.14. The largest absolute Gasteiger partial charge is 0.476 e. The molecule has 1 rings (SSSR count). The van der Waals surface area contributed by atoms with Gasteiger partial charge in [-0.05, 0) is 6.92 Å². The molecule has 0 fully saturated rings. The number of hydrogen-bond donors (Lipinski definition) is 2. The van der Waals surface area contributed by atoms with Gasteiger partial charge in [-0.15, -0.1) is 0 Å². The van der Waals surface area contributed by atoms with Crippen LogP contribution in [0.2, 0.25) is 0 Å². The van der Waals surface area contributed by atoms with Gasteiger partial charge in [-0.2, -0.15) is 18.3 Å². The molecule has 1 unspecified atom stereocenters. The third kappa shape index (κ3) is 2.50. The Morgan fingerprint density at radius 1 is 1.56 bits per heavy atom. The second-order valence-corrected chi connectivity index (χ2v) is 3.19. The Morgan fingerprint density at radius 3 is 2.50 bits per heavy atom. The first kappa shape index (κ1) is 12.5. The van der Waals surface area contributed by atoms with Crippen LogP contribution in [0.3, 0.4) is 0 Å². The first-order chi connectivity index (χ1) is 7.23. The summed E-state index contributed by atoms with van der Waals surface area (Å²) in [7, 11) is 0. The molecule has 0 aliphatic rings. The van der Waals surface area contributed by atoms with Crippen LogP contribution in [-0.4, -0.2) is 33.6 Å². The Balaban J connectivity index is 2.87. The van der Waals surface area contributed by atoms with Crippen LogP contribution in [0.1, 0.15) is 21.7 Å². The summed E-state index contributed by atoms with van der Waals surface area (Å²) < 4.78 is 48.4. The maximum Gasteiger partial charge on any atom is 0.420 e. The Labute approximate surface area is 87.3 Å². The Hall–Kier alpha value is -1.60. The number of hydrogen-bond acceptors (Lipinski definition) is 2. The number of halogens is 4.